The molecule has 4 nitrogen and oxygen atoms in total. The molecular formula is C9H10BrN3O. The first-order valence-corrected chi connectivity index (χ1v) is 5.08. The van der Waals surface area contributed by atoms with E-state index in [1.165, 1.54) is 0 Å². The van der Waals surface area contributed by atoms with Gasteiger partial charge in [0.1, 0.15) is 6.04 Å². The van der Waals surface area contributed by atoms with Crippen LogP contribution < -0.4 is 10.2 Å². The van der Waals surface area contributed by atoms with Gasteiger partial charge < -0.3 is 10.2 Å². The Bertz CT molecular complexity index is 394. The molecule has 1 N–H and O–H groups in total. The molecule has 0 spiro atoms. The summed E-state index contributed by atoms with van der Waals surface area (Å²) >= 11 is 3.31. The van der Waals surface area contributed by atoms with Gasteiger partial charge >= 0.3 is 0 Å². The monoisotopic (exact) mass is 255 g/mol. The smallest absolute Gasteiger partial charge is 0.246 e. The van der Waals surface area contributed by atoms with E-state index in [9.17, 15) is 4.79 Å². The van der Waals surface area contributed by atoms with E-state index in [1.54, 1.807) is 6.20 Å². The molecule has 0 saturated carbocycles. The molecule has 0 aliphatic carbocycles. The fourth-order valence-electron chi connectivity index (χ4n) is 1.40. The van der Waals surface area contributed by atoms with Gasteiger partial charge in [-0.1, -0.05) is 0 Å². The summed E-state index contributed by atoms with van der Waals surface area (Å²) in [5.41, 5.74) is 0.755. The number of anilines is 2. The number of halogens is 1. The SMILES string of the molecule is CC1C(=O)Nc2cc(Br)cnc2N1C. The molecule has 14 heavy (non-hydrogen) atoms. The quantitative estimate of drug-likeness (QED) is 0.767. The predicted octanol–water partition coefficient (Wildman–Crippen LogP) is 1.62. The molecule has 5 heteroatoms. The number of nitrogens with zero attached hydrogens (tertiary/aromatic N) is 2. The van der Waals surface area contributed by atoms with E-state index < -0.39 is 0 Å². The largest absolute Gasteiger partial charge is 0.346 e. The van der Waals surface area contributed by atoms with Gasteiger partial charge in [0.25, 0.3) is 0 Å². The van der Waals surface area contributed by atoms with Gasteiger partial charge in [-0.05, 0) is 28.9 Å². The van der Waals surface area contributed by atoms with Crippen molar-refractivity contribution in [2.45, 2.75) is 13.0 Å². The van der Waals surface area contributed by atoms with Crippen LogP contribution in [0.3, 0.4) is 0 Å². The zero-order valence-electron chi connectivity index (χ0n) is 7.91. The van der Waals surface area contributed by atoms with Crippen LogP contribution in [0.25, 0.3) is 0 Å². The number of hydrogen-bond donors (Lipinski definition) is 1. The second kappa shape index (κ2) is 3.24. The standard InChI is InChI=1S/C9H10BrN3O/c1-5-9(14)12-7-3-6(10)4-11-8(7)13(5)2/h3-5H,1-2H3,(H,12,14). The Kier molecular flexibility index (Phi) is 2.19. The zero-order valence-corrected chi connectivity index (χ0v) is 9.50. The van der Waals surface area contributed by atoms with Gasteiger partial charge in [-0.2, -0.15) is 0 Å². The van der Waals surface area contributed by atoms with Crippen molar-refractivity contribution in [2.75, 3.05) is 17.3 Å². The summed E-state index contributed by atoms with van der Waals surface area (Å²) in [6, 6.07) is 1.68. The lowest BCUT2D eigenvalue weighted by atomic mass is 10.2. The molecule has 1 atom stereocenters. The van der Waals surface area contributed by atoms with Crippen molar-refractivity contribution in [2.24, 2.45) is 0 Å². The number of fused-ring (bicyclic) bond motifs is 1. The molecule has 1 aliphatic heterocycles. The van der Waals surface area contributed by atoms with E-state index in [-0.39, 0.29) is 11.9 Å². The maximum atomic E-state index is 11.5. The summed E-state index contributed by atoms with van der Waals surface area (Å²) in [7, 11) is 1.86. The summed E-state index contributed by atoms with van der Waals surface area (Å²) in [6.07, 6.45) is 1.72. The summed E-state index contributed by atoms with van der Waals surface area (Å²) in [6.45, 7) is 1.85. The molecule has 74 valence electrons. The molecule has 1 aromatic heterocycles. The van der Waals surface area contributed by atoms with Gasteiger partial charge in [0.15, 0.2) is 5.82 Å². The molecule has 0 saturated heterocycles. The van der Waals surface area contributed by atoms with Crippen LogP contribution in [-0.4, -0.2) is 24.0 Å². The summed E-state index contributed by atoms with van der Waals surface area (Å²) in [5, 5.41) is 2.81. The average molecular weight is 256 g/mol. The lowest BCUT2D eigenvalue weighted by Crippen LogP contribution is -2.44. The third-order valence-corrected chi connectivity index (χ3v) is 2.82. The molecule has 2 heterocycles. The van der Waals surface area contributed by atoms with Crippen molar-refractivity contribution in [1.29, 1.82) is 0 Å². The Morgan fingerprint density at radius 1 is 1.64 bits per heavy atom. The molecular weight excluding hydrogens is 246 g/mol. The number of aromatic nitrogens is 1. The van der Waals surface area contributed by atoms with E-state index in [0.29, 0.717) is 0 Å². The van der Waals surface area contributed by atoms with Crippen LogP contribution in [0.1, 0.15) is 6.92 Å². The van der Waals surface area contributed by atoms with E-state index >= 15 is 0 Å². The number of rotatable bonds is 0. The summed E-state index contributed by atoms with van der Waals surface area (Å²) < 4.78 is 0.861. The first-order valence-electron chi connectivity index (χ1n) is 4.29. The van der Waals surface area contributed by atoms with Crippen molar-refractivity contribution in [3.63, 3.8) is 0 Å². The van der Waals surface area contributed by atoms with Gasteiger partial charge in [0.05, 0.1) is 5.69 Å². The average Bonchev–Trinajstić information content (AvgIpc) is 2.14. The molecule has 1 aliphatic rings. The molecule has 1 aromatic rings. The van der Waals surface area contributed by atoms with E-state index in [4.69, 9.17) is 0 Å². The minimum atomic E-state index is -0.170. The van der Waals surface area contributed by atoms with Crippen LogP contribution in [0.2, 0.25) is 0 Å². The highest BCUT2D eigenvalue weighted by Gasteiger charge is 2.27. The number of carbonyl (C=O) groups is 1. The third-order valence-electron chi connectivity index (χ3n) is 2.39. The first-order chi connectivity index (χ1) is 6.59. The van der Waals surface area contributed by atoms with Crippen molar-refractivity contribution in [3.05, 3.63) is 16.7 Å². The topological polar surface area (TPSA) is 45.2 Å². The van der Waals surface area contributed by atoms with Crippen molar-refractivity contribution >= 4 is 33.3 Å². The highest BCUT2D eigenvalue weighted by molar-refractivity contribution is 9.10. The Balaban J connectivity index is 2.50. The molecule has 2 rings (SSSR count). The van der Waals surface area contributed by atoms with Gasteiger partial charge in [0.2, 0.25) is 5.91 Å². The molecule has 1 unspecified atom stereocenters. The van der Waals surface area contributed by atoms with Crippen molar-refractivity contribution in [3.8, 4) is 0 Å². The fraction of sp³-hybridized carbons (Fsp3) is 0.333. The maximum absolute atomic E-state index is 11.5. The number of nitrogens with one attached hydrogen (secondary N) is 1. The highest BCUT2D eigenvalue weighted by atomic mass is 79.9. The number of carbonyl (C=O) groups excluding carboxylic acids is 1. The molecule has 1 amide bonds. The number of hydrogen-bond acceptors (Lipinski definition) is 3. The van der Waals surface area contributed by atoms with E-state index in [0.717, 1.165) is 16.0 Å². The molecule has 0 radical (unpaired) electrons. The van der Waals surface area contributed by atoms with E-state index in [1.807, 2.05) is 24.9 Å². The van der Waals surface area contributed by atoms with Crippen LogP contribution in [0, 0.1) is 0 Å². The molecule has 0 bridgehead atoms. The third kappa shape index (κ3) is 1.37. The number of likely N-dealkylation sites (N-methyl/N-ethyl adjacent to an activating group) is 1. The lowest BCUT2D eigenvalue weighted by Gasteiger charge is -2.31. The Morgan fingerprint density at radius 2 is 2.36 bits per heavy atom. The summed E-state index contributed by atoms with van der Waals surface area (Å²) in [4.78, 5) is 17.6. The van der Waals surface area contributed by atoms with Gasteiger partial charge in [-0.3, -0.25) is 4.79 Å². The number of amides is 1. The Labute approximate surface area is 90.4 Å². The Morgan fingerprint density at radius 3 is 3.07 bits per heavy atom. The van der Waals surface area contributed by atoms with Crippen molar-refractivity contribution in [1.82, 2.24) is 4.98 Å². The van der Waals surface area contributed by atoms with Gasteiger partial charge in [-0.25, -0.2) is 4.98 Å². The molecule has 0 fully saturated rings. The Hall–Kier alpha value is -1.10. The second-order valence-electron chi connectivity index (χ2n) is 3.30. The van der Waals surface area contributed by atoms with Crippen LogP contribution >= 0.6 is 15.9 Å². The summed E-state index contributed by atoms with van der Waals surface area (Å²) in [5.74, 6) is 0.806. The van der Waals surface area contributed by atoms with Crippen LogP contribution in [0.4, 0.5) is 11.5 Å². The van der Waals surface area contributed by atoms with Crippen LogP contribution in [-0.2, 0) is 4.79 Å². The lowest BCUT2D eigenvalue weighted by molar-refractivity contribution is -0.117. The maximum Gasteiger partial charge on any atom is 0.246 e. The van der Waals surface area contributed by atoms with E-state index in [2.05, 4.69) is 26.2 Å². The zero-order chi connectivity index (χ0) is 10.3. The van der Waals surface area contributed by atoms with Crippen LogP contribution in [0.5, 0.6) is 0 Å². The minimum absolute atomic E-state index is 0.0000926. The first kappa shape index (κ1) is 9.45. The fourth-order valence-corrected chi connectivity index (χ4v) is 1.73. The molecule has 0 aromatic carbocycles. The van der Waals surface area contributed by atoms with Crippen LogP contribution in [0.15, 0.2) is 16.7 Å². The van der Waals surface area contributed by atoms with Gasteiger partial charge in [0, 0.05) is 17.7 Å². The normalized spacial score (nSPS) is 20.4. The minimum Gasteiger partial charge on any atom is -0.346 e. The van der Waals surface area contributed by atoms with Gasteiger partial charge in [-0.15, -0.1) is 0 Å². The highest BCUT2D eigenvalue weighted by Crippen LogP contribution is 2.30. The van der Waals surface area contributed by atoms with Crippen molar-refractivity contribution < 1.29 is 4.79 Å². The number of pyridine rings is 1. The second-order valence-corrected chi connectivity index (χ2v) is 4.22. The predicted molar refractivity (Wildman–Crippen MR) is 58.4 cm³/mol.